The van der Waals surface area contributed by atoms with Crippen molar-refractivity contribution in [2.75, 3.05) is 0 Å². The molecular weight excluding hydrogens is 256 g/mol. The number of hydrogen-bond acceptors (Lipinski definition) is 3. The maximum atomic E-state index is 6.10. The van der Waals surface area contributed by atoms with Crippen molar-refractivity contribution in [2.45, 2.75) is 45.8 Å². The van der Waals surface area contributed by atoms with Crippen molar-refractivity contribution in [1.82, 2.24) is 0 Å². The lowest BCUT2D eigenvalue weighted by molar-refractivity contribution is 0.343. The lowest BCUT2D eigenvalue weighted by Gasteiger charge is -2.34. The first-order valence-electron chi connectivity index (χ1n) is 5.26. The molecule has 0 saturated carbocycles. The molecule has 0 spiro atoms. The zero-order valence-corrected chi connectivity index (χ0v) is 15.2. The predicted octanol–water partition coefficient (Wildman–Crippen LogP) is 2.06. The second-order valence-corrected chi connectivity index (χ2v) is 16.5. The van der Waals surface area contributed by atoms with Crippen molar-refractivity contribution >= 4 is 41.0 Å². The average molecular weight is 281 g/mol. The molecule has 0 aliphatic heterocycles. The molecule has 3 nitrogen and oxygen atoms in total. The van der Waals surface area contributed by atoms with Crippen LogP contribution in [0.5, 0.6) is 0 Å². The van der Waals surface area contributed by atoms with Crippen molar-refractivity contribution < 1.29 is 12.3 Å². The zero-order valence-electron chi connectivity index (χ0n) is 11.0. The molecule has 0 aromatic rings. The molecule has 0 saturated heterocycles. The van der Waals surface area contributed by atoms with Crippen LogP contribution < -0.4 is 0 Å². The Balaban J connectivity index is 4.35. The van der Waals surface area contributed by atoms with E-state index in [0.29, 0.717) is 0 Å². The molecule has 0 aromatic heterocycles. The molecule has 0 atom stereocenters. The van der Waals surface area contributed by atoms with Crippen LogP contribution in [0.3, 0.4) is 0 Å². The van der Waals surface area contributed by atoms with Crippen LogP contribution >= 0.6 is 0 Å². The van der Waals surface area contributed by atoms with E-state index >= 15 is 0 Å². The van der Waals surface area contributed by atoms with Gasteiger partial charge in [-0.3, -0.25) is 0 Å². The Kier molecular flexibility index (Phi) is 5.86. The van der Waals surface area contributed by atoms with Crippen LogP contribution in [-0.4, -0.2) is 41.0 Å². The molecule has 0 fully saturated rings. The van der Waals surface area contributed by atoms with E-state index in [9.17, 15) is 0 Å². The molecular formula is C8H24O3Si4. The maximum Gasteiger partial charge on any atom is 0.369 e. The van der Waals surface area contributed by atoms with Crippen molar-refractivity contribution in [3.8, 4) is 0 Å². The molecule has 0 heterocycles. The highest BCUT2D eigenvalue weighted by molar-refractivity contribution is 6.84. The van der Waals surface area contributed by atoms with Gasteiger partial charge in [-0.1, -0.05) is 6.17 Å². The average Bonchev–Trinajstić information content (AvgIpc) is 1.73. The maximum absolute atomic E-state index is 6.10. The summed E-state index contributed by atoms with van der Waals surface area (Å²) in [5.74, 6) is 0. The highest BCUT2D eigenvalue weighted by atomic mass is 28.5. The third-order valence-corrected chi connectivity index (χ3v) is 12.9. The Labute approximate surface area is 99.3 Å². The van der Waals surface area contributed by atoms with Crippen molar-refractivity contribution in [3.63, 3.8) is 0 Å². The SMILES string of the molecule is C=[Si](C)O[Si](C)(C)O[Si](C)(C)O[SiH](C)C. The van der Waals surface area contributed by atoms with Crippen LogP contribution in [0.2, 0.25) is 45.8 Å². The second kappa shape index (κ2) is 5.69. The summed E-state index contributed by atoms with van der Waals surface area (Å²) in [5.41, 5.74) is 0. The highest BCUT2D eigenvalue weighted by Crippen LogP contribution is 2.17. The summed E-state index contributed by atoms with van der Waals surface area (Å²) in [6, 6.07) is 0. The fourth-order valence-corrected chi connectivity index (χ4v) is 15.4. The predicted molar refractivity (Wildman–Crippen MR) is 75.8 cm³/mol. The third-order valence-electron chi connectivity index (χ3n) is 1.43. The van der Waals surface area contributed by atoms with Crippen molar-refractivity contribution in [3.05, 3.63) is 0 Å². The fourth-order valence-electron chi connectivity index (χ4n) is 1.62. The van der Waals surface area contributed by atoms with Gasteiger partial charge in [0.05, 0.1) is 0 Å². The molecule has 0 rings (SSSR count). The van der Waals surface area contributed by atoms with Gasteiger partial charge in [0.15, 0.2) is 9.04 Å². The monoisotopic (exact) mass is 280 g/mol. The van der Waals surface area contributed by atoms with E-state index in [1.54, 1.807) is 0 Å². The van der Waals surface area contributed by atoms with Gasteiger partial charge in [-0.2, -0.15) is 0 Å². The molecule has 0 aliphatic rings. The smallest absolute Gasteiger partial charge is 0.369 e. The van der Waals surface area contributed by atoms with Crippen LogP contribution in [0, 0.1) is 0 Å². The van der Waals surface area contributed by atoms with Gasteiger partial charge >= 0.3 is 17.1 Å². The van der Waals surface area contributed by atoms with Gasteiger partial charge in [0.25, 0.3) is 0 Å². The summed E-state index contributed by atoms with van der Waals surface area (Å²) < 4.78 is 17.9. The Morgan fingerprint density at radius 1 is 1.07 bits per heavy atom. The molecule has 0 aliphatic carbocycles. The van der Waals surface area contributed by atoms with Crippen LogP contribution in [-0.2, 0) is 12.3 Å². The summed E-state index contributed by atoms with van der Waals surface area (Å²) in [7, 11) is -5.96. The Morgan fingerprint density at radius 2 is 1.53 bits per heavy atom. The van der Waals surface area contributed by atoms with Crippen LogP contribution in [0.4, 0.5) is 0 Å². The first-order chi connectivity index (χ1) is 6.54. The van der Waals surface area contributed by atoms with Crippen LogP contribution in [0.15, 0.2) is 0 Å². The van der Waals surface area contributed by atoms with E-state index in [1.165, 1.54) is 0 Å². The molecule has 90 valence electrons. The van der Waals surface area contributed by atoms with Gasteiger partial charge in [-0.15, -0.1) is 0 Å². The topological polar surface area (TPSA) is 27.7 Å². The van der Waals surface area contributed by atoms with Gasteiger partial charge < -0.3 is 12.3 Å². The number of hydrogen-bond donors (Lipinski definition) is 0. The zero-order chi connectivity index (χ0) is 12.3. The molecule has 0 N–H and O–H groups in total. The van der Waals surface area contributed by atoms with E-state index in [1.807, 2.05) is 6.55 Å². The van der Waals surface area contributed by atoms with Crippen molar-refractivity contribution in [1.29, 1.82) is 0 Å². The van der Waals surface area contributed by atoms with Gasteiger partial charge in [0.1, 0.15) is 0 Å². The minimum Gasteiger partial charge on any atom is -0.587 e. The summed E-state index contributed by atoms with van der Waals surface area (Å²) >= 11 is 0. The standard InChI is InChI=1S/C8H24O3Si4/c1-12(2)9-14(5,6)11-15(7,8)10-13(3)4/h13H,1H2,2-8H3. The lowest BCUT2D eigenvalue weighted by atomic mass is 11.9. The van der Waals surface area contributed by atoms with Gasteiger partial charge in [0.2, 0.25) is 8.65 Å². The minimum absolute atomic E-state index is 0.927. The Hall–Kier alpha value is 0.458. The summed E-state index contributed by atoms with van der Waals surface area (Å²) in [4.78, 5) is 0. The summed E-state index contributed by atoms with van der Waals surface area (Å²) in [6.45, 7) is 14.7. The first kappa shape index (κ1) is 15.5. The molecule has 15 heavy (non-hydrogen) atoms. The summed E-state index contributed by atoms with van der Waals surface area (Å²) in [5, 5.41) is 0. The van der Waals surface area contributed by atoms with E-state index < -0.39 is 34.8 Å². The lowest BCUT2D eigenvalue weighted by Crippen LogP contribution is -2.51. The van der Waals surface area contributed by atoms with E-state index in [4.69, 9.17) is 12.3 Å². The molecule has 0 amide bonds. The summed E-state index contributed by atoms with van der Waals surface area (Å²) in [6.07, 6.45) is 3.93. The third kappa shape index (κ3) is 8.28. The highest BCUT2D eigenvalue weighted by Gasteiger charge is 2.37. The first-order valence-corrected chi connectivity index (χ1v) is 15.8. The molecule has 7 heteroatoms. The molecule has 0 unspecified atom stereocenters. The quantitative estimate of drug-likeness (QED) is 0.697. The fraction of sp³-hybridized carbons (Fsp3) is 0.875. The Bertz CT molecular complexity index is 228. The normalized spacial score (nSPS) is 13.1. The van der Waals surface area contributed by atoms with Crippen LogP contribution in [0.1, 0.15) is 0 Å². The van der Waals surface area contributed by atoms with E-state index in [0.717, 1.165) is 0 Å². The second-order valence-electron chi connectivity index (χ2n) is 4.87. The van der Waals surface area contributed by atoms with E-state index in [2.05, 4.69) is 45.5 Å². The van der Waals surface area contributed by atoms with Crippen molar-refractivity contribution in [2.24, 2.45) is 0 Å². The van der Waals surface area contributed by atoms with Crippen LogP contribution in [0.25, 0.3) is 0 Å². The van der Waals surface area contributed by atoms with Gasteiger partial charge in [-0.25, -0.2) is 0 Å². The van der Waals surface area contributed by atoms with E-state index in [-0.39, 0.29) is 0 Å². The molecule has 0 aromatic carbocycles. The minimum atomic E-state index is -2.03. The molecule has 0 bridgehead atoms. The number of rotatable bonds is 6. The van der Waals surface area contributed by atoms with Gasteiger partial charge in [0, 0.05) is 0 Å². The van der Waals surface area contributed by atoms with Gasteiger partial charge in [-0.05, 0) is 45.8 Å². The molecule has 0 radical (unpaired) electrons. The Morgan fingerprint density at radius 3 is 1.87 bits per heavy atom. The largest absolute Gasteiger partial charge is 0.587 e.